The Morgan fingerprint density at radius 2 is 1.90 bits per heavy atom. The maximum atomic E-state index is 5.84. The van der Waals surface area contributed by atoms with Gasteiger partial charge in [0.2, 0.25) is 5.95 Å². The lowest BCUT2D eigenvalue weighted by molar-refractivity contribution is 1.18. The number of hydrogen-bond acceptors (Lipinski definition) is 6. The first-order valence-electron chi connectivity index (χ1n) is 6.20. The molecule has 2 aromatic heterocycles. The molecule has 0 aliphatic carbocycles. The third kappa shape index (κ3) is 3.29. The minimum Gasteiger partial charge on any atom is -0.368 e. The Kier molecular flexibility index (Phi) is 3.72. The van der Waals surface area contributed by atoms with Crippen molar-refractivity contribution in [2.45, 2.75) is 6.92 Å². The van der Waals surface area contributed by atoms with Gasteiger partial charge in [0.15, 0.2) is 5.13 Å². The number of anilines is 3. The minimum absolute atomic E-state index is 0.125. The Morgan fingerprint density at radius 3 is 2.62 bits per heavy atom. The average molecular weight is 318 g/mol. The van der Waals surface area contributed by atoms with E-state index in [4.69, 9.17) is 17.3 Å². The van der Waals surface area contributed by atoms with Crippen LogP contribution in [0.25, 0.3) is 11.3 Å². The summed E-state index contributed by atoms with van der Waals surface area (Å²) in [6, 6.07) is 9.83. The van der Waals surface area contributed by atoms with E-state index in [1.54, 1.807) is 6.07 Å². The Morgan fingerprint density at radius 1 is 1.14 bits per heavy atom. The van der Waals surface area contributed by atoms with E-state index >= 15 is 0 Å². The van der Waals surface area contributed by atoms with Crippen molar-refractivity contribution >= 4 is 39.8 Å². The quantitative estimate of drug-likeness (QED) is 0.717. The molecule has 7 heteroatoms. The molecule has 2 heterocycles. The highest BCUT2D eigenvalue weighted by Gasteiger charge is 2.07. The highest BCUT2D eigenvalue weighted by atomic mass is 35.5. The molecule has 5 nitrogen and oxygen atoms in total. The molecule has 106 valence electrons. The third-order valence-electron chi connectivity index (χ3n) is 2.80. The van der Waals surface area contributed by atoms with Gasteiger partial charge in [-0.15, -0.1) is 11.3 Å². The maximum Gasteiger partial charge on any atom is 0.223 e. The molecule has 0 fully saturated rings. The van der Waals surface area contributed by atoms with Crippen LogP contribution in [0.3, 0.4) is 0 Å². The van der Waals surface area contributed by atoms with Crippen molar-refractivity contribution in [3.05, 3.63) is 46.4 Å². The van der Waals surface area contributed by atoms with Crippen molar-refractivity contribution in [1.29, 1.82) is 0 Å². The molecule has 21 heavy (non-hydrogen) atoms. The largest absolute Gasteiger partial charge is 0.368 e. The Labute approximate surface area is 130 Å². The highest BCUT2D eigenvalue weighted by molar-refractivity contribution is 7.14. The number of nitrogen functional groups attached to an aromatic ring is 1. The fourth-order valence-corrected chi connectivity index (χ4v) is 2.71. The summed E-state index contributed by atoms with van der Waals surface area (Å²) in [5.74, 6) is 0.651. The van der Waals surface area contributed by atoms with E-state index in [2.05, 4.69) is 39.3 Å². The van der Waals surface area contributed by atoms with Gasteiger partial charge in [0.25, 0.3) is 0 Å². The third-order valence-corrected chi connectivity index (χ3v) is 3.75. The van der Waals surface area contributed by atoms with Crippen LogP contribution in [-0.4, -0.2) is 15.0 Å². The van der Waals surface area contributed by atoms with Crippen LogP contribution in [0.1, 0.15) is 5.56 Å². The summed E-state index contributed by atoms with van der Waals surface area (Å²) < 4.78 is 0. The smallest absolute Gasteiger partial charge is 0.223 e. The van der Waals surface area contributed by atoms with Gasteiger partial charge >= 0.3 is 0 Å². The topological polar surface area (TPSA) is 76.7 Å². The zero-order valence-corrected chi connectivity index (χ0v) is 12.7. The summed E-state index contributed by atoms with van der Waals surface area (Å²) in [5.41, 5.74) is 8.77. The van der Waals surface area contributed by atoms with Crippen molar-refractivity contribution in [2.75, 3.05) is 11.1 Å². The Hall–Kier alpha value is -2.18. The number of nitrogens with two attached hydrogens (primary N) is 1. The van der Waals surface area contributed by atoms with Crippen LogP contribution in [0, 0.1) is 6.92 Å². The summed E-state index contributed by atoms with van der Waals surface area (Å²) in [5, 5.41) is 6.08. The summed E-state index contributed by atoms with van der Waals surface area (Å²) in [4.78, 5) is 12.4. The molecular weight excluding hydrogens is 306 g/mol. The molecule has 0 atom stereocenters. The first-order chi connectivity index (χ1) is 10.1. The zero-order valence-electron chi connectivity index (χ0n) is 11.2. The van der Waals surface area contributed by atoms with Crippen LogP contribution in [0.2, 0.25) is 5.15 Å². The zero-order chi connectivity index (χ0) is 14.8. The first kappa shape index (κ1) is 13.8. The van der Waals surface area contributed by atoms with Gasteiger partial charge in [-0.3, -0.25) is 0 Å². The summed E-state index contributed by atoms with van der Waals surface area (Å²) in [7, 11) is 0. The number of halogens is 1. The van der Waals surface area contributed by atoms with Crippen molar-refractivity contribution < 1.29 is 0 Å². The number of hydrogen-bond donors (Lipinski definition) is 2. The Balaban J connectivity index is 1.83. The molecule has 3 N–H and O–H groups in total. The van der Waals surface area contributed by atoms with Crippen LogP contribution in [0.4, 0.5) is 16.9 Å². The van der Waals surface area contributed by atoms with Crippen molar-refractivity contribution in [1.82, 2.24) is 15.0 Å². The molecule has 0 aliphatic heterocycles. The van der Waals surface area contributed by atoms with Gasteiger partial charge in [-0.05, 0) is 6.92 Å². The van der Waals surface area contributed by atoms with Crippen LogP contribution in [0.5, 0.6) is 0 Å². The van der Waals surface area contributed by atoms with E-state index in [-0.39, 0.29) is 5.95 Å². The average Bonchev–Trinajstić information content (AvgIpc) is 2.87. The number of thiazole rings is 1. The summed E-state index contributed by atoms with van der Waals surface area (Å²) in [6.45, 7) is 2.06. The van der Waals surface area contributed by atoms with Crippen LogP contribution in [-0.2, 0) is 0 Å². The standard InChI is InChI=1S/C14H12ClN5S/c1-8-2-4-9(5-3-8)10-7-21-14(17-10)20-12-6-11(15)18-13(16)19-12/h2-7H,1H3,(H3,16,17,18,19,20). The molecule has 0 aliphatic rings. The summed E-state index contributed by atoms with van der Waals surface area (Å²) in [6.07, 6.45) is 0. The first-order valence-corrected chi connectivity index (χ1v) is 7.45. The van der Waals surface area contributed by atoms with Gasteiger partial charge in [0, 0.05) is 17.0 Å². The van der Waals surface area contributed by atoms with E-state index in [1.807, 2.05) is 17.5 Å². The van der Waals surface area contributed by atoms with Gasteiger partial charge in [-0.25, -0.2) is 9.97 Å². The number of nitrogens with zero attached hydrogens (tertiary/aromatic N) is 3. The van der Waals surface area contributed by atoms with Gasteiger partial charge < -0.3 is 11.1 Å². The molecule has 0 saturated carbocycles. The van der Waals surface area contributed by atoms with E-state index in [0.29, 0.717) is 11.0 Å². The molecule has 0 bridgehead atoms. The molecule has 0 amide bonds. The second kappa shape index (κ2) is 5.67. The molecule has 0 saturated heterocycles. The molecule has 0 unspecified atom stereocenters. The van der Waals surface area contributed by atoms with Crippen LogP contribution >= 0.6 is 22.9 Å². The van der Waals surface area contributed by atoms with Crippen molar-refractivity contribution in [3.8, 4) is 11.3 Å². The lowest BCUT2D eigenvalue weighted by Crippen LogP contribution is -1.99. The second-order valence-corrected chi connectivity index (χ2v) is 5.71. The monoisotopic (exact) mass is 317 g/mol. The lowest BCUT2D eigenvalue weighted by atomic mass is 10.1. The van der Waals surface area contributed by atoms with E-state index < -0.39 is 0 Å². The number of aryl methyl sites for hydroxylation is 1. The van der Waals surface area contributed by atoms with Gasteiger partial charge in [-0.2, -0.15) is 4.98 Å². The fraction of sp³-hybridized carbons (Fsp3) is 0.0714. The van der Waals surface area contributed by atoms with Gasteiger partial charge in [-0.1, -0.05) is 41.4 Å². The Bertz CT molecular complexity index is 749. The number of rotatable bonds is 3. The molecule has 3 rings (SSSR count). The predicted molar refractivity (Wildman–Crippen MR) is 87.0 cm³/mol. The van der Waals surface area contributed by atoms with Gasteiger partial charge in [0.05, 0.1) is 5.69 Å². The minimum atomic E-state index is 0.125. The highest BCUT2D eigenvalue weighted by Crippen LogP contribution is 2.27. The molecular formula is C14H12ClN5S. The molecule has 3 aromatic rings. The van der Waals surface area contributed by atoms with Crippen molar-refractivity contribution in [3.63, 3.8) is 0 Å². The fourth-order valence-electron chi connectivity index (χ4n) is 1.80. The van der Waals surface area contributed by atoms with Gasteiger partial charge in [0.1, 0.15) is 11.0 Å². The van der Waals surface area contributed by atoms with E-state index in [1.165, 1.54) is 16.9 Å². The lowest BCUT2D eigenvalue weighted by Gasteiger charge is -2.02. The van der Waals surface area contributed by atoms with Crippen LogP contribution in [0.15, 0.2) is 35.7 Å². The molecule has 1 aromatic carbocycles. The molecule has 0 radical (unpaired) electrons. The number of nitrogens with one attached hydrogen (secondary N) is 1. The SMILES string of the molecule is Cc1ccc(-c2csc(Nc3cc(Cl)nc(N)n3)n2)cc1. The van der Waals surface area contributed by atoms with Crippen molar-refractivity contribution in [2.24, 2.45) is 0 Å². The number of benzene rings is 1. The predicted octanol–water partition coefficient (Wildman–Crippen LogP) is 3.89. The summed E-state index contributed by atoms with van der Waals surface area (Å²) >= 11 is 7.33. The van der Waals surface area contributed by atoms with E-state index in [0.717, 1.165) is 16.4 Å². The normalized spacial score (nSPS) is 10.6. The molecule has 0 spiro atoms. The maximum absolute atomic E-state index is 5.84. The second-order valence-electron chi connectivity index (χ2n) is 4.46. The van der Waals surface area contributed by atoms with Crippen LogP contribution < -0.4 is 11.1 Å². The number of aromatic nitrogens is 3. The van der Waals surface area contributed by atoms with E-state index in [9.17, 15) is 0 Å².